The van der Waals surface area contributed by atoms with Crippen LogP contribution in [-0.4, -0.2) is 32.2 Å². The molecule has 128 valence electrons. The summed E-state index contributed by atoms with van der Waals surface area (Å²) in [6.07, 6.45) is 8.20. The molecule has 1 atom stereocenters. The topological polar surface area (TPSA) is 36.9 Å². The van der Waals surface area contributed by atoms with Gasteiger partial charge in [-0.05, 0) is 43.4 Å². The fourth-order valence-electron chi connectivity index (χ4n) is 3.44. The van der Waals surface area contributed by atoms with Gasteiger partial charge in [-0.15, -0.1) is 0 Å². The van der Waals surface area contributed by atoms with Crippen LogP contribution in [-0.2, 0) is 20.8 Å². The SMILES string of the molecule is COc1ccc(COCCC[C@H]2COC3(CCCCC3)O2)cc1. The van der Waals surface area contributed by atoms with Crippen molar-refractivity contribution in [2.75, 3.05) is 20.3 Å². The second-order valence-electron chi connectivity index (χ2n) is 6.57. The van der Waals surface area contributed by atoms with Crippen LogP contribution in [0.1, 0.15) is 50.5 Å². The quantitative estimate of drug-likeness (QED) is 0.710. The maximum Gasteiger partial charge on any atom is 0.168 e. The minimum Gasteiger partial charge on any atom is -0.497 e. The van der Waals surface area contributed by atoms with Crippen molar-refractivity contribution < 1.29 is 18.9 Å². The molecule has 0 amide bonds. The molecule has 0 unspecified atom stereocenters. The molecule has 1 aliphatic carbocycles. The summed E-state index contributed by atoms with van der Waals surface area (Å²) in [7, 11) is 1.68. The molecule has 0 N–H and O–H groups in total. The van der Waals surface area contributed by atoms with Crippen LogP contribution >= 0.6 is 0 Å². The van der Waals surface area contributed by atoms with Gasteiger partial charge in [0, 0.05) is 19.4 Å². The van der Waals surface area contributed by atoms with Crippen molar-refractivity contribution in [2.24, 2.45) is 0 Å². The van der Waals surface area contributed by atoms with E-state index in [2.05, 4.69) is 0 Å². The van der Waals surface area contributed by atoms with Crippen molar-refractivity contribution in [3.05, 3.63) is 29.8 Å². The third-order valence-corrected chi connectivity index (χ3v) is 4.77. The predicted molar refractivity (Wildman–Crippen MR) is 88.5 cm³/mol. The van der Waals surface area contributed by atoms with Crippen LogP contribution in [0.4, 0.5) is 0 Å². The van der Waals surface area contributed by atoms with Gasteiger partial charge in [-0.3, -0.25) is 0 Å². The first-order chi connectivity index (χ1) is 11.3. The molecular formula is C19H28O4. The fourth-order valence-corrected chi connectivity index (χ4v) is 3.44. The van der Waals surface area contributed by atoms with Gasteiger partial charge in [0.1, 0.15) is 5.75 Å². The van der Waals surface area contributed by atoms with Crippen LogP contribution in [0.2, 0.25) is 0 Å². The number of hydrogen-bond donors (Lipinski definition) is 0. The summed E-state index contributed by atoms with van der Waals surface area (Å²) in [5, 5.41) is 0. The highest BCUT2D eigenvalue weighted by atomic mass is 16.7. The fraction of sp³-hybridized carbons (Fsp3) is 0.684. The molecule has 4 heteroatoms. The maximum absolute atomic E-state index is 6.19. The molecule has 2 aliphatic rings. The minimum atomic E-state index is -0.243. The molecule has 1 aromatic rings. The minimum absolute atomic E-state index is 0.243. The average Bonchev–Trinajstić information content (AvgIpc) is 2.98. The van der Waals surface area contributed by atoms with Crippen molar-refractivity contribution in [3.8, 4) is 5.75 Å². The van der Waals surface area contributed by atoms with Crippen LogP contribution in [0.5, 0.6) is 5.75 Å². The molecule has 23 heavy (non-hydrogen) atoms. The van der Waals surface area contributed by atoms with E-state index in [0.29, 0.717) is 6.61 Å². The van der Waals surface area contributed by atoms with Crippen LogP contribution in [0.3, 0.4) is 0 Å². The zero-order valence-corrected chi connectivity index (χ0v) is 14.1. The number of rotatable bonds is 7. The van der Waals surface area contributed by atoms with Gasteiger partial charge >= 0.3 is 0 Å². The summed E-state index contributed by atoms with van der Waals surface area (Å²) in [5.41, 5.74) is 1.17. The van der Waals surface area contributed by atoms with Crippen molar-refractivity contribution in [1.82, 2.24) is 0 Å². The smallest absolute Gasteiger partial charge is 0.168 e. The van der Waals surface area contributed by atoms with E-state index in [4.69, 9.17) is 18.9 Å². The van der Waals surface area contributed by atoms with Crippen molar-refractivity contribution in [1.29, 1.82) is 0 Å². The van der Waals surface area contributed by atoms with Crippen LogP contribution in [0.25, 0.3) is 0 Å². The zero-order valence-electron chi connectivity index (χ0n) is 14.1. The Morgan fingerprint density at radius 1 is 1.13 bits per heavy atom. The first-order valence-electron chi connectivity index (χ1n) is 8.82. The highest BCUT2D eigenvalue weighted by Crippen LogP contribution is 2.38. The third-order valence-electron chi connectivity index (χ3n) is 4.77. The second-order valence-corrected chi connectivity index (χ2v) is 6.57. The molecular weight excluding hydrogens is 292 g/mol. The van der Waals surface area contributed by atoms with E-state index in [1.165, 1.54) is 24.8 Å². The Morgan fingerprint density at radius 2 is 1.91 bits per heavy atom. The lowest BCUT2D eigenvalue weighted by Gasteiger charge is -2.31. The molecule has 1 saturated carbocycles. The van der Waals surface area contributed by atoms with Crippen LogP contribution in [0.15, 0.2) is 24.3 Å². The van der Waals surface area contributed by atoms with E-state index < -0.39 is 0 Å². The average molecular weight is 320 g/mol. The maximum atomic E-state index is 6.19. The highest BCUT2D eigenvalue weighted by molar-refractivity contribution is 5.26. The van der Waals surface area contributed by atoms with Crippen LogP contribution in [0, 0.1) is 0 Å². The highest BCUT2D eigenvalue weighted by Gasteiger charge is 2.41. The monoisotopic (exact) mass is 320 g/mol. The lowest BCUT2D eigenvalue weighted by atomic mass is 9.94. The first-order valence-corrected chi connectivity index (χ1v) is 8.82. The molecule has 4 nitrogen and oxygen atoms in total. The molecule has 1 saturated heterocycles. The Hall–Kier alpha value is -1.10. The number of ether oxygens (including phenoxy) is 4. The largest absolute Gasteiger partial charge is 0.497 e. The summed E-state index contributed by atoms with van der Waals surface area (Å²) in [6, 6.07) is 8.01. The van der Waals surface area contributed by atoms with Crippen LogP contribution < -0.4 is 4.74 Å². The van der Waals surface area contributed by atoms with E-state index in [9.17, 15) is 0 Å². The Bertz CT molecular complexity index is 465. The lowest BCUT2D eigenvalue weighted by Crippen LogP contribution is -2.33. The molecule has 1 aliphatic heterocycles. The lowest BCUT2D eigenvalue weighted by molar-refractivity contribution is -0.187. The van der Waals surface area contributed by atoms with Crippen molar-refractivity contribution in [2.45, 2.75) is 63.4 Å². The molecule has 1 spiro atoms. The van der Waals surface area contributed by atoms with Gasteiger partial charge in [0.2, 0.25) is 0 Å². The molecule has 1 heterocycles. The number of benzene rings is 1. The molecule has 0 aromatic heterocycles. The normalized spacial score (nSPS) is 23.3. The molecule has 1 aromatic carbocycles. The second kappa shape index (κ2) is 8.13. The van der Waals surface area contributed by atoms with Gasteiger partial charge in [-0.1, -0.05) is 18.6 Å². The third kappa shape index (κ3) is 4.69. The van der Waals surface area contributed by atoms with E-state index >= 15 is 0 Å². The van der Waals surface area contributed by atoms with E-state index in [1.807, 2.05) is 24.3 Å². The standard InChI is InChI=1S/C19H28O4/c1-20-17-9-7-16(8-10-17)14-21-13-5-6-18-15-22-19(23-18)11-3-2-4-12-19/h7-10,18H,2-6,11-15H2,1H3/t18-/m0/s1. The summed E-state index contributed by atoms with van der Waals surface area (Å²) >= 11 is 0. The summed E-state index contributed by atoms with van der Waals surface area (Å²) in [5.74, 6) is 0.635. The molecule has 3 rings (SSSR count). The van der Waals surface area contributed by atoms with Gasteiger partial charge in [0.15, 0.2) is 5.79 Å². The number of hydrogen-bond acceptors (Lipinski definition) is 4. The molecule has 0 radical (unpaired) electrons. The van der Waals surface area contributed by atoms with Gasteiger partial charge in [0.25, 0.3) is 0 Å². The Morgan fingerprint density at radius 3 is 2.65 bits per heavy atom. The summed E-state index contributed by atoms with van der Waals surface area (Å²) in [4.78, 5) is 0. The van der Waals surface area contributed by atoms with E-state index in [-0.39, 0.29) is 11.9 Å². The van der Waals surface area contributed by atoms with Gasteiger partial charge in [-0.2, -0.15) is 0 Å². The Kier molecular flexibility index (Phi) is 5.92. The van der Waals surface area contributed by atoms with Gasteiger partial charge in [0.05, 0.1) is 26.4 Å². The molecule has 0 bridgehead atoms. The van der Waals surface area contributed by atoms with Crippen molar-refractivity contribution in [3.63, 3.8) is 0 Å². The van der Waals surface area contributed by atoms with Crippen molar-refractivity contribution >= 4 is 0 Å². The number of methoxy groups -OCH3 is 1. The van der Waals surface area contributed by atoms with Gasteiger partial charge in [-0.25, -0.2) is 0 Å². The Labute approximate surface area is 139 Å². The summed E-state index contributed by atoms with van der Waals surface area (Å²) < 4.78 is 23.1. The predicted octanol–water partition coefficient (Wildman–Crippen LogP) is 4.07. The first kappa shape index (κ1) is 16.7. The van der Waals surface area contributed by atoms with Gasteiger partial charge < -0.3 is 18.9 Å². The molecule has 2 fully saturated rings. The Balaban J connectivity index is 1.29. The van der Waals surface area contributed by atoms with E-state index in [0.717, 1.165) is 44.6 Å². The zero-order chi connectivity index (χ0) is 16.0. The van der Waals surface area contributed by atoms with E-state index in [1.54, 1.807) is 7.11 Å². The summed E-state index contributed by atoms with van der Waals surface area (Å²) in [6.45, 7) is 2.16.